The van der Waals surface area contributed by atoms with Crippen LogP contribution in [0.25, 0.3) is 0 Å². The van der Waals surface area contributed by atoms with Crippen LogP contribution in [0.5, 0.6) is 11.5 Å². The molecule has 8 nitrogen and oxygen atoms in total. The summed E-state index contributed by atoms with van der Waals surface area (Å²) in [5, 5.41) is 2.40. The molecule has 0 spiro atoms. The average Bonchev–Trinajstić information content (AvgIpc) is 2.66. The zero-order valence-corrected chi connectivity index (χ0v) is 13.7. The number of nitrogens with one attached hydrogen (secondary N) is 3. The molecule has 0 saturated heterocycles. The second kappa shape index (κ2) is 8.34. The highest BCUT2D eigenvalue weighted by atomic mass is 16.5. The lowest BCUT2D eigenvalue weighted by atomic mass is 10.2. The molecule has 2 aromatic rings. The third-order valence-corrected chi connectivity index (χ3v) is 3.20. The molecule has 2 rings (SSSR count). The summed E-state index contributed by atoms with van der Waals surface area (Å²) < 4.78 is 9.98. The predicted octanol–water partition coefficient (Wildman–Crippen LogP) is 1.10. The summed E-state index contributed by atoms with van der Waals surface area (Å²) >= 11 is 0. The summed E-state index contributed by atoms with van der Waals surface area (Å²) in [5.41, 5.74) is 4.93. The van der Waals surface area contributed by atoms with Crippen molar-refractivity contribution in [1.29, 1.82) is 0 Å². The Labute approximate surface area is 144 Å². The van der Waals surface area contributed by atoms with Crippen LogP contribution in [0.4, 0.5) is 5.69 Å². The monoisotopic (exact) mass is 343 g/mol. The van der Waals surface area contributed by atoms with Crippen LogP contribution in [0, 0.1) is 0 Å². The van der Waals surface area contributed by atoms with Crippen molar-refractivity contribution in [2.45, 2.75) is 0 Å². The molecule has 0 aliphatic carbocycles. The summed E-state index contributed by atoms with van der Waals surface area (Å²) in [6.07, 6.45) is 0. The van der Waals surface area contributed by atoms with Gasteiger partial charge in [0.25, 0.3) is 5.91 Å². The number of benzene rings is 2. The zero-order valence-electron chi connectivity index (χ0n) is 13.7. The third kappa shape index (κ3) is 4.96. The molecular weight excluding hydrogens is 326 g/mol. The molecule has 0 aliphatic rings. The minimum atomic E-state index is -1.00. The number of amides is 3. The Morgan fingerprint density at radius 2 is 1.24 bits per heavy atom. The van der Waals surface area contributed by atoms with Gasteiger partial charge in [-0.2, -0.15) is 0 Å². The van der Waals surface area contributed by atoms with Gasteiger partial charge in [0.1, 0.15) is 11.5 Å². The molecule has 8 heteroatoms. The lowest BCUT2D eigenvalue weighted by Gasteiger charge is -2.09. The summed E-state index contributed by atoms with van der Waals surface area (Å²) in [5.74, 6) is -1.26. The van der Waals surface area contributed by atoms with Crippen LogP contribution in [0.1, 0.15) is 10.4 Å². The zero-order chi connectivity index (χ0) is 18.2. The number of rotatable bonds is 4. The number of carbonyl (C=O) groups is 3. The first-order valence-corrected chi connectivity index (χ1v) is 7.23. The minimum absolute atomic E-state index is 0.302. The topological polar surface area (TPSA) is 106 Å². The molecular formula is C17H17N3O5. The largest absolute Gasteiger partial charge is 0.497 e. The van der Waals surface area contributed by atoms with E-state index in [9.17, 15) is 14.4 Å². The van der Waals surface area contributed by atoms with Crippen LogP contribution in [0.2, 0.25) is 0 Å². The van der Waals surface area contributed by atoms with Gasteiger partial charge in [0.05, 0.1) is 14.2 Å². The Hall–Kier alpha value is -3.55. The molecule has 2 aromatic carbocycles. The van der Waals surface area contributed by atoms with Gasteiger partial charge >= 0.3 is 11.8 Å². The van der Waals surface area contributed by atoms with Crippen LogP contribution in [0.3, 0.4) is 0 Å². The Bertz CT molecular complexity index is 757. The van der Waals surface area contributed by atoms with Gasteiger partial charge in [-0.3, -0.25) is 25.2 Å². The fraction of sp³-hybridized carbons (Fsp3) is 0.118. The quantitative estimate of drug-likeness (QED) is 0.569. The first kappa shape index (κ1) is 17.8. The minimum Gasteiger partial charge on any atom is -0.497 e. The van der Waals surface area contributed by atoms with Crippen LogP contribution >= 0.6 is 0 Å². The Morgan fingerprint density at radius 1 is 0.720 bits per heavy atom. The number of hydrazine groups is 1. The normalized spacial score (nSPS) is 9.68. The van der Waals surface area contributed by atoms with E-state index < -0.39 is 17.7 Å². The van der Waals surface area contributed by atoms with E-state index in [4.69, 9.17) is 9.47 Å². The highest BCUT2D eigenvalue weighted by molar-refractivity contribution is 6.39. The van der Waals surface area contributed by atoms with E-state index in [1.807, 2.05) is 5.43 Å². The van der Waals surface area contributed by atoms with E-state index in [1.54, 1.807) is 36.4 Å². The van der Waals surface area contributed by atoms with E-state index in [0.29, 0.717) is 22.7 Å². The number of methoxy groups -OCH3 is 2. The molecule has 130 valence electrons. The van der Waals surface area contributed by atoms with Gasteiger partial charge in [0.15, 0.2) is 0 Å². The molecule has 3 amide bonds. The molecule has 0 bridgehead atoms. The summed E-state index contributed by atoms with van der Waals surface area (Å²) in [6.45, 7) is 0. The maximum atomic E-state index is 11.9. The van der Waals surface area contributed by atoms with Crippen LogP contribution in [0.15, 0.2) is 48.5 Å². The van der Waals surface area contributed by atoms with Crippen molar-refractivity contribution in [3.8, 4) is 11.5 Å². The maximum Gasteiger partial charge on any atom is 0.328 e. The van der Waals surface area contributed by atoms with E-state index in [0.717, 1.165) is 0 Å². The second-order valence-electron chi connectivity index (χ2n) is 4.82. The van der Waals surface area contributed by atoms with Gasteiger partial charge in [0, 0.05) is 11.3 Å². The molecule has 25 heavy (non-hydrogen) atoms. The Morgan fingerprint density at radius 3 is 1.76 bits per heavy atom. The van der Waals surface area contributed by atoms with Gasteiger partial charge in [-0.15, -0.1) is 0 Å². The van der Waals surface area contributed by atoms with Crippen LogP contribution < -0.4 is 25.6 Å². The number of hydrogen-bond donors (Lipinski definition) is 3. The summed E-state index contributed by atoms with van der Waals surface area (Å²) in [6, 6.07) is 12.7. The van der Waals surface area contributed by atoms with Crippen molar-refractivity contribution in [2.24, 2.45) is 0 Å². The molecule has 0 radical (unpaired) electrons. The standard InChI is InChI=1S/C17H17N3O5/c1-24-13-7-3-11(4-8-13)15(21)19-20-17(23)16(22)18-12-5-9-14(25-2)10-6-12/h3-10H,1-2H3,(H,18,22)(H,19,21)(H,20,23). The molecule has 0 aromatic heterocycles. The summed E-state index contributed by atoms with van der Waals surface area (Å²) in [7, 11) is 3.03. The van der Waals surface area contributed by atoms with Gasteiger partial charge < -0.3 is 14.8 Å². The van der Waals surface area contributed by atoms with Gasteiger partial charge in [0.2, 0.25) is 0 Å². The molecule has 0 unspecified atom stereocenters. The Kier molecular flexibility index (Phi) is 5.94. The average molecular weight is 343 g/mol. The van der Waals surface area contributed by atoms with E-state index >= 15 is 0 Å². The van der Waals surface area contributed by atoms with E-state index in [1.165, 1.54) is 26.4 Å². The lowest BCUT2D eigenvalue weighted by molar-refractivity contribution is -0.136. The van der Waals surface area contributed by atoms with Crippen LogP contribution in [-0.4, -0.2) is 31.9 Å². The molecule has 0 saturated carbocycles. The number of anilines is 1. The highest BCUT2D eigenvalue weighted by Gasteiger charge is 2.15. The predicted molar refractivity (Wildman–Crippen MR) is 90.2 cm³/mol. The summed E-state index contributed by atoms with van der Waals surface area (Å²) in [4.78, 5) is 35.4. The highest BCUT2D eigenvalue weighted by Crippen LogP contribution is 2.14. The lowest BCUT2D eigenvalue weighted by Crippen LogP contribution is -2.46. The van der Waals surface area contributed by atoms with Crippen molar-refractivity contribution >= 4 is 23.4 Å². The number of hydrogen-bond acceptors (Lipinski definition) is 5. The van der Waals surface area contributed by atoms with Crippen molar-refractivity contribution in [2.75, 3.05) is 19.5 Å². The molecule has 0 heterocycles. The fourth-order valence-electron chi connectivity index (χ4n) is 1.85. The van der Waals surface area contributed by atoms with E-state index in [2.05, 4.69) is 10.7 Å². The fourth-order valence-corrected chi connectivity index (χ4v) is 1.85. The van der Waals surface area contributed by atoms with Crippen molar-refractivity contribution in [1.82, 2.24) is 10.9 Å². The maximum absolute atomic E-state index is 11.9. The molecule has 0 aliphatic heterocycles. The van der Waals surface area contributed by atoms with Crippen molar-refractivity contribution in [3.63, 3.8) is 0 Å². The van der Waals surface area contributed by atoms with Gasteiger partial charge in [-0.25, -0.2) is 0 Å². The Balaban J connectivity index is 1.85. The number of carbonyl (C=O) groups excluding carboxylic acids is 3. The second-order valence-corrected chi connectivity index (χ2v) is 4.82. The molecule has 0 atom stereocenters. The van der Waals surface area contributed by atoms with E-state index in [-0.39, 0.29) is 0 Å². The molecule has 3 N–H and O–H groups in total. The molecule has 0 fully saturated rings. The smallest absolute Gasteiger partial charge is 0.328 e. The van der Waals surface area contributed by atoms with Crippen molar-refractivity contribution in [3.05, 3.63) is 54.1 Å². The number of ether oxygens (including phenoxy) is 2. The van der Waals surface area contributed by atoms with Crippen LogP contribution in [-0.2, 0) is 9.59 Å². The first-order valence-electron chi connectivity index (χ1n) is 7.23. The van der Waals surface area contributed by atoms with Gasteiger partial charge in [-0.1, -0.05) is 0 Å². The van der Waals surface area contributed by atoms with Gasteiger partial charge in [-0.05, 0) is 48.5 Å². The van der Waals surface area contributed by atoms with Crippen molar-refractivity contribution < 1.29 is 23.9 Å². The first-order chi connectivity index (χ1) is 12.0. The third-order valence-electron chi connectivity index (χ3n) is 3.20. The SMILES string of the molecule is COc1ccc(NC(=O)C(=O)NNC(=O)c2ccc(OC)cc2)cc1.